The molecule has 0 aliphatic carbocycles. The molecule has 0 saturated heterocycles. The summed E-state index contributed by atoms with van der Waals surface area (Å²) in [5.41, 5.74) is 0.666. The predicted molar refractivity (Wildman–Crippen MR) is 88.9 cm³/mol. The first-order chi connectivity index (χ1) is 10.1. The van der Waals surface area contributed by atoms with E-state index in [0.29, 0.717) is 22.3 Å². The van der Waals surface area contributed by atoms with Crippen molar-refractivity contribution in [2.45, 2.75) is 0 Å². The molecule has 1 N–H and O–H groups in total. The molecule has 0 aliphatic rings. The summed E-state index contributed by atoms with van der Waals surface area (Å²) in [7, 11) is 1.57. The third-order valence-corrected chi connectivity index (χ3v) is 4.05. The number of halogens is 1. The minimum Gasteiger partial charge on any atom is -0.502 e. The first kappa shape index (κ1) is 13.9. The third kappa shape index (κ3) is 2.37. The zero-order valence-electron chi connectivity index (χ0n) is 11.1. The number of rotatable bonds is 2. The average Bonchev–Trinajstić information content (AvgIpc) is 2.51. The van der Waals surface area contributed by atoms with E-state index in [0.717, 1.165) is 3.57 Å². The fourth-order valence-electron chi connectivity index (χ4n) is 2.11. The molecule has 21 heavy (non-hydrogen) atoms. The topological polar surface area (TPSA) is 59.7 Å². The molecule has 1 heterocycles. The Kier molecular flexibility index (Phi) is 3.59. The lowest BCUT2D eigenvalue weighted by molar-refractivity contribution is 0.414. The van der Waals surface area contributed by atoms with Gasteiger partial charge in [0.25, 0.3) is 0 Å². The van der Waals surface area contributed by atoms with E-state index in [1.165, 1.54) is 0 Å². The molecule has 5 heteroatoms. The summed E-state index contributed by atoms with van der Waals surface area (Å²) >= 11 is 2.10. The van der Waals surface area contributed by atoms with Crippen LogP contribution in [0.5, 0.6) is 11.5 Å². The quantitative estimate of drug-likeness (QED) is 0.673. The van der Waals surface area contributed by atoms with Crippen LogP contribution in [-0.4, -0.2) is 12.2 Å². The minimum atomic E-state index is -0.430. The summed E-state index contributed by atoms with van der Waals surface area (Å²) in [6.45, 7) is 0. The lowest BCUT2D eigenvalue weighted by Crippen LogP contribution is -2.03. The van der Waals surface area contributed by atoms with E-state index in [1.54, 1.807) is 43.5 Å². The van der Waals surface area contributed by atoms with Gasteiger partial charge in [-0.15, -0.1) is 0 Å². The summed E-state index contributed by atoms with van der Waals surface area (Å²) < 4.78 is 11.7. The van der Waals surface area contributed by atoms with Crippen molar-refractivity contribution in [1.29, 1.82) is 0 Å². The molecule has 2 aromatic carbocycles. The van der Waals surface area contributed by atoms with Gasteiger partial charge >= 0.3 is 0 Å². The lowest BCUT2D eigenvalue weighted by atomic mass is 10.1. The fraction of sp³-hybridized carbons (Fsp3) is 0.0625. The van der Waals surface area contributed by atoms with Gasteiger partial charge in [0.2, 0.25) is 11.2 Å². The highest BCUT2D eigenvalue weighted by Gasteiger charge is 2.16. The van der Waals surface area contributed by atoms with E-state index < -0.39 is 5.43 Å². The highest BCUT2D eigenvalue weighted by atomic mass is 127. The van der Waals surface area contributed by atoms with E-state index in [4.69, 9.17) is 9.15 Å². The summed E-state index contributed by atoms with van der Waals surface area (Å²) in [5.74, 6) is 0.477. The first-order valence-electron chi connectivity index (χ1n) is 6.20. The van der Waals surface area contributed by atoms with Crippen molar-refractivity contribution >= 4 is 33.6 Å². The van der Waals surface area contributed by atoms with E-state index in [9.17, 15) is 9.90 Å². The van der Waals surface area contributed by atoms with Crippen molar-refractivity contribution in [3.05, 3.63) is 56.3 Å². The van der Waals surface area contributed by atoms with Crippen LogP contribution in [0.25, 0.3) is 22.3 Å². The molecular formula is C16H11IO4. The molecule has 3 rings (SSSR count). The normalized spacial score (nSPS) is 10.8. The number of fused-ring (bicyclic) bond motifs is 1. The second-order valence-electron chi connectivity index (χ2n) is 4.45. The van der Waals surface area contributed by atoms with E-state index >= 15 is 0 Å². The Morgan fingerprint density at radius 2 is 1.86 bits per heavy atom. The molecule has 106 valence electrons. The highest BCUT2D eigenvalue weighted by molar-refractivity contribution is 14.1. The summed E-state index contributed by atoms with van der Waals surface area (Å²) in [5, 5.41) is 10.5. The van der Waals surface area contributed by atoms with Crippen molar-refractivity contribution in [3.63, 3.8) is 0 Å². The van der Waals surface area contributed by atoms with Gasteiger partial charge in [-0.05, 0) is 59.0 Å². The van der Waals surface area contributed by atoms with Crippen molar-refractivity contribution in [3.8, 4) is 22.8 Å². The lowest BCUT2D eigenvalue weighted by Gasteiger charge is -2.07. The van der Waals surface area contributed by atoms with Gasteiger partial charge in [0.05, 0.1) is 16.1 Å². The van der Waals surface area contributed by atoms with E-state index in [2.05, 4.69) is 22.6 Å². The molecule has 4 nitrogen and oxygen atoms in total. The molecule has 3 aromatic rings. The maximum atomic E-state index is 12.3. The van der Waals surface area contributed by atoms with Crippen molar-refractivity contribution in [2.75, 3.05) is 7.11 Å². The van der Waals surface area contributed by atoms with Crippen molar-refractivity contribution in [1.82, 2.24) is 0 Å². The second-order valence-corrected chi connectivity index (χ2v) is 5.62. The molecule has 0 spiro atoms. The van der Waals surface area contributed by atoms with Crippen LogP contribution in [0.2, 0.25) is 0 Å². The van der Waals surface area contributed by atoms with Gasteiger partial charge in [-0.3, -0.25) is 4.79 Å². The monoisotopic (exact) mass is 394 g/mol. The Morgan fingerprint density at radius 1 is 1.14 bits per heavy atom. The molecule has 0 bridgehead atoms. The van der Waals surface area contributed by atoms with Crippen LogP contribution in [0.4, 0.5) is 0 Å². The molecule has 0 atom stereocenters. The number of methoxy groups -OCH3 is 1. The second kappa shape index (κ2) is 5.40. The van der Waals surface area contributed by atoms with Gasteiger partial charge in [-0.25, -0.2) is 0 Å². The molecule has 0 amide bonds. The van der Waals surface area contributed by atoms with Crippen molar-refractivity contribution < 1.29 is 14.3 Å². The maximum absolute atomic E-state index is 12.3. The average molecular weight is 394 g/mol. The van der Waals surface area contributed by atoms with Gasteiger partial charge in [0.1, 0.15) is 5.75 Å². The number of aromatic hydroxyl groups is 1. The number of hydrogen-bond acceptors (Lipinski definition) is 4. The van der Waals surface area contributed by atoms with Crippen LogP contribution in [0.1, 0.15) is 0 Å². The first-order valence-corrected chi connectivity index (χ1v) is 7.28. The standard InChI is InChI=1S/C16H11IO4/c1-20-10-7-5-9(6-8-10)15-14(19)13(18)11-3-2-4-12(17)16(11)21-15/h2-8,19H,1H3. The molecule has 0 radical (unpaired) electrons. The summed E-state index contributed by atoms with van der Waals surface area (Å²) in [6.07, 6.45) is 0. The Balaban J connectivity index is 2.29. The predicted octanol–water partition coefficient (Wildman–Crippen LogP) is 3.78. The third-order valence-electron chi connectivity index (χ3n) is 3.20. The van der Waals surface area contributed by atoms with Crippen molar-refractivity contribution in [2.24, 2.45) is 0 Å². The van der Waals surface area contributed by atoms with E-state index in [1.807, 2.05) is 6.07 Å². The van der Waals surface area contributed by atoms with Crippen LogP contribution in [0.15, 0.2) is 51.7 Å². The van der Waals surface area contributed by atoms with Gasteiger partial charge in [-0.1, -0.05) is 6.07 Å². The minimum absolute atomic E-state index is 0.166. The molecule has 1 aromatic heterocycles. The molecule has 0 aliphatic heterocycles. The molecule has 0 fully saturated rings. The van der Waals surface area contributed by atoms with Crippen LogP contribution in [0.3, 0.4) is 0 Å². The number of benzene rings is 2. The Labute approximate surface area is 134 Å². The Morgan fingerprint density at radius 3 is 2.52 bits per heavy atom. The molecule has 0 saturated carbocycles. The fourth-order valence-corrected chi connectivity index (χ4v) is 2.72. The largest absolute Gasteiger partial charge is 0.502 e. The summed E-state index contributed by atoms with van der Waals surface area (Å²) in [4.78, 5) is 12.3. The molecule has 0 unspecified atom stereocenters. The van der Waals surface area contributed by atoms with Crippen LogP contribution in [-0.2, 0) is 0 Å². The zero-order valence-corrected chi connectivity index (χ0v) is 13.2. The van der Waals surface area contributed by atoms with Gasteiger partial charge in [0, 0.05) is 5.56 Å². The Bertz CT molecular complexity index is 866. The van der Waals surface area contributed by atoms with Crippen LogP contribution >= 0.6 is 22.6 Å². The van der Waals surface area contributed by atoms with Crippen LogP contribution in [0, 0.1) is 3.57 Å². The summed E-state index contributed by atoms with van der Waals surface area (Å²) in [6, 6.07) is 12.2. The molecular weight excluding hydrogens is 383 g/mol. The smallest absolute Gasteiger partial charge is 0.235 e. The van der Waals surface area contributed by atoms with Gasteiger partial charge in [0.15, 0.2) is 11.3 Å². The maximum Gasteiger partial charge on any atom is 0.235 e. The number of ether oxygens (including phenoxy) is 1. The van der Waals surface area contributed by atoms with Gasteiger partial charge in [-0.2, -0.15) is 0 Å². The van der Waals surface area contributed by atoms with E-state index in [-0.39, 0.29) is 11.5 Å². The van der Waals surface area contributed by atoms with Gasteiger partial charge < -0.3 is 14.3 Å². The highest BCUT2D eigenvalue weighted by Crippen LogP contribution is 2.32. The number of hydrogen-bond donors (Lipinski definition) is 1. The Hall–Kier alpha value is -2.02. The SMILES string of the molecule is COc1ccc(-c2oc3c(I)cccc3c(=O)c2O)cc1. The number of para-hydroxylation sites is 1. The van der Waals surface area contributed by atoms with Crippen LogP contribution < -0.4 is 10.2 Å². The zero-order chi connectivity index (χ0) is 15.0.